The molecule has 1 unspecified atom stereocenters. The van der Waals surface area contributed by atoms with Gasteiger partial charge in [0.1, 0.15) is 0 Å². The van der Waals surface area contributed by atoms with E-state index in [1.807, 2.05) is 67.6 Å². The molecular formula is C22H28NO4P. The summed E-state index contributed by atoms with van der Waals surface area (Å²) in [6.45, 7) is 6.08. The molecule has 0 radical (unpaired) electrons. The Kier molecular flexibility index (Phi) is 6.71. The summed E-state index contributed by atoms with van der Waals surface area (Å²) >= 11 is 0. The summed E-state index contributed by atoms with van der Waals surface area (Å²) in [4.78, 5) is 14.9. The molecule has 2 aromatic rings. The zero-order chi connectivity index (χ0) is 20.1. The van der Waals surface area contributed by atoms with Gasteiger partial charge in [-0.05, 0) is 31.4 Å². The van der Waals surface area contributed by atoms with Gasteiger partial charge >= 0.3 is 7.60 Å². The van der Waals surface area contributed by atoms with Crippen LogP contribution in [0.3, 0.4) is 0 Å². The normalized spacial score (nSPS) is 20.7. The van der Waals surface area contributed by atoms with Gasteiger partial charge in [0.05, 0.1) is 25.2 Å². The maximum atomic E-state index is 13.8. The second-order valence-electron chi connectivity index (χ2n) is 6.78. The second-order valence-corrected chi connectivity index (χ2v) is 8.86. The highest BCUT2D eigenvalue weighted by atomic mass is 31.2. The molecule has 0 bridgehead atoms. The Morgan fingerprint density at radius 1 is 0.929 bits per heavy atom. The number of benzene rings is 2. The Hall–Kier alpha value is -1.94. The number of hydrogen-bond donors (Lipinski definition) is 0. The Bertz CT molecular complexity index is 817. The zero-order valence-electron chi connectivity index (χ0n) is 16.7. The third-order valence-corrected chi connectivity index (χ3v) is 7.49. The van der Waals surface area contributed by atoms with Crippen LogP contribution in [0.15, 0.2) is 60.7 Å². The third kappa shape index (κ3) is 3.80. The molecule has 150 valence electrons. The van der Waals surface area contributed by atoms with Crippen LogP contribution in [0.1, 0.15) is 50.1 Å². The monoisotopic (exact) mass is 401 g/mol. The van der Waals surface area contributed by atoms with Crippen LogP contribution in [-0.4, -0.2) is 24.0 Å². The number of hydrogen-bond acceptors (Lipinski definition) is 4. The first-order valence-electron chi connectivity index (χ1n) is 9.88. The maximum Gasteiger partial charge on any atom is 0.357 e. The standard InChI is InChI=1S/C22H28NO4P/c1-4-19-20(17-13-9-7-10-14-17)23(21(19)24)22(18-15-11-8-12-16-18)28(25,26-5-2)27-6-3/h7-16,19-20,22H,4-6H2,1-3H3/t19-,20+,22?/m1/s1. The van der Waals surface area contributed by atoms with Crippen molar-refractivity contribution in [2.45, 2.75) is 39.0 Å². The molecular weight excluding hydrogens is 373 g/mol. The van der Waals surface area contributed by atoms with E-state index in [0.717, 1.165) is 17.5 Å². The van der Waals surface area contributed by atoms with Gasteiger partial charge in [-0.1, -0.05) is 67.6 Å². The Morgan fingerprint density at radius 3 is 1.96 bits per heavy atom. The van der Waals surface area contributed by atoms with Crippen LogP contribution >= 0.6 is 7.60 Å². The van der Waals surface area contributed by atoms with Crippen LogP contribution in [0, 0.1) is 5.92 Å². The van der Waals surface area contributed by atoms with Gasteiger partial charge in [0.2, 0.25) is 5.91 Å². The fourth-order valence-electron chi connectivity index (χ4n) is 3.95. The van der Waals surface area contributed by atoms with Crippen LogP contribution in [0.5, 0.6) is 0 Å². The Morgan fingerprint density at radius 2 is 1.46 bits per heavy atom. The van der Waals surface area contributed by atoms with Crippen molar-refractivity contribution in [2.75, 3.05) is 13.2 Å². The largest absolute Gasteiger partial charge is 0.357 e. The molecule has 0 saturated carbocycles. The molecule has 0 aromatic heterocycles. The minimum atomic E-state index is -3.60. The highest BCUT2D eigenvalue weighted by Gasteiger charge is 2.56. The Balaban J connectivity index is 2.11. The number of carbonyl (C=O) groups is 1. The zero-order valence-corrected chi connectivity index (χ0v) is 17.5. The molecule has 1 amide bonds. The van der Waals surface area contributed by atoms with E-state index in [2.05, 4.69) is 0 Å². The van der Waals surface area contributed by atoms with Crippen molar-refractivity contribution in [3.05, 3.63) is 71.8 Å². The Labute approximate surface area is 167 Å². The summed E-state index contributed by atoms with van der Waals surface area (Å²) in [7, 11) is -3.60. The van der Waals surface area contributed by atoms with E-state index >= 15 is 0 Å². The van der Waals surface area contributed by atoms with Gasteiger partial charge < -0.3 is 13.9 Å². The van der Waals surface area contributed by atoms with E-state index in [9.17, 15) is 9.36 Å². The van der Waals surface area contributed by atoms with E-state index in [1.165, 1.54) is 0 Å². The third-order valence-electron chi connectivity index (χ3n) is 5.11. The van der Waals surface area contributed by atoms with Crippen molar-refractivity contribution in [3.63, 3.8) is 0 Å². The van der Waals surface area contributed by atoms with Gasteiger partial charge in [0.25, 0.3) is 0 Å². The SMILES string of the molecule is CCOP(=O)(OCC)C(c1ccccc1)N1C(=O)[C@H](CC)[C@@H]1c1ccccc1. The predicted molar refractivity (Wildman–Crippen MR) is 110 cm³/mol. The molecule has 1 fully saturated rings. The predicted octanol–water partition coefficient (Wildman–Crippen LogP) is 5.56. The van der Waals surface area contributed by atoms with Crippen molar-refractivity contribution >= 4 is 13.5 Å². The van der Waals surface area contributed by atoms with Gasteiger partial charge in [-0.3, -0.25) is 9.36 Å². The van der Waals surface area contributed by atoms with Crippen molar-refractivity contribution in [2.24, 2.45) is 5.92 Å². The molecule has 1 heterocycles. The first kappa shape index (κ1) is 20.8. The molecule has 5 nitrogen and oxygen atoms in total. The fourth-order valence-corrected chi connectivity index (χ4v) is 6.12. The number of nitrogens with zero attached hydrogens (tertiary/aromatic N) is 1. The summed E-state index contributed by atoms with van der Waals surface area (Å²) in [6, 6.07) is 19.2. The highest BCUT2D eigenvalue weighted by Crippen LogP contribution is 2.66. The molecule has 0 N–H and O–H groups in total. The lowest BCUT2D eigenvalue weighted by molar-refractivity contribution is -0.160. The van der Waals surface area contributed by atoms with Gasteiger partial charge in [-0.15, -0.1) is 0 Å². The molecule has 0 aliphatic carbocycles. The number of carbonyl (C=O) groups excluding carboxylic acids is 1. The quantitative estimate of drug-likeness (QED) is 0.408. The summed E-state index contributed by atoms with van der Waals surface area (Å²) in [5.74, 6) is -0.913. The summed E-state index contributed by atoms with van der Waals surface area (Å²) in [5.41, 5.74) is 1.80. The van der Waals surface area contributed by atoms with Crippen molar-refractivity contribution < 1.29 is 18.4 Å². The average molecular weight is 401 g/mol. The fraction of sp³-hybridized carbons (Fsp3) is 0.409. The van der Waals surface area contributed by atoms with Crippen molar-refractivity contribution in [1.82, 2.24) is 4.90 Å². The van der Waals surface area contributed by atoms with Gasteiger partial charge in [-0.25, -0.2) is 0 Å². The molecule has 1 saturated heterocycles. The van der Waals surface area contributed by atoms with Gasteiger partial charge in [-0.2, -0.15) is 0 Å². The number of rotatable bonds is 9. The van der Waals surface area contributed by atoms with E-state index in [0.29, 0.717) is 0 Å². The van der Waals surface area contributed by atoms with Gasteiger partial charge in [0.15, 0.2) is 5.78 Å². The smallest absolute Gasteiger partial charge is 0.316 e. The van der Waals surface area contributed by atoms with Crippen LogP contribution in [0.4, 0.5) is 0 Å². The maximum absolute atomic E-state index is 13.8. The van der Waals surface area contributed by atoms with Crippen LogP contribution in [-0.2, 0) is 18.4 Å². The lowest BCUT2D eigenvalue weighted by Crippen LogP contribution is -2.56. The average Bonchev–Trinajstić information content (AvgIpc) is 2.71. The van der Waals surface area contributed by atoms with Gasteiger partial charge in [0, 0.05) is 0 Å². The van der Waals surface area contributed by atoms with Crippen molar-refractivity contribution in [1.29, 1.82) is 0 Å². The molecule has 3 rings (SSSR count). The molecule has 28 heavy (non-hydrogen) atoms. The van der Waals surface area contributed by atoms with Crippen LogP contribution in [0.25, 0.3) is 0 Å². The summed E-state index contributed by atoms with van der Waals surface area (Å²) < 4.78 is 25.2. The molecule has 1 aliphatic rings. The number of β-lactam (4-membered cyclic amide) rings is 1. The summed E-state index contributed by atoms with van der Waals surface area (Å²) in [5, 5.41) is 0. The number of likely N-dealkylation sites (tertiary alicyclic amines) is 1. The summed E-state index contributed by atoms with van der Waals surface area (Å²) in [6.07, 6.45) is 0.726. The lowest BCUT2D eigenvalue weighted by Gasteiger charge is -2.52. The number of amides is 1. The molecule has 3 atom stereocenters. The van der Waals surface area contributed by atoms with E-state index in [4.69, 9.17) is 9.05 Å². The minimum absolute atomic E-state index is 0.00941. The van der Waals surface area contributed by atoms with Crippen LogP contribution < -0.4 is 0 Å². The topological polar surface area (TPSA) is 55.8 Å². The molecule has 1 aliphatic heterocycles. The second kappa shape index (κ2) is 9.04. The minimum Gasteiger partial charge on any atom is -0.316 e. The first-order valence-corrected chi connectivity index (χ1v) is 11.5. The first-order chi connectivity index (χ1) is 13.6. The van der Waals surface area contributed by atoms with Crippen molar-refractivity contribution in [3.8, 4) is 0 Å². The highest BCUT2D eigenvalue weighted by molar-refractivity contribution is 7.54. The van der Waals surface area contributed by atoms with E-state index in [-0.39, 0.29) is 31.1 Å². The molecule has 2 aromatic carbocycles. The van der Waals surface area contributed by atoms with E-state index < -0.39 is 13.4 Å². The van der Waals surface area contributed by atoms with Crippen LogP contribution in [0.2, 0.25) is 0 Å². The van der Waals surface area contributed by atoms with E-state index in [1.54, 1.807) is 18.7 Å². The molecule has 0 spiro atoms. The molecule has 6 heteroatoms. The lowest BCUT2D eigenvalue weighted by atomic mass is 9.80.